The molecule has 3 aromatic heterocycles. The zero-order valence-electron chi connectivity index (χ0n) is 21.8. The molecule has 1 saturated carbocycles. The maximum atomic E-state index is 13.3. The van der Waals surface area contributed by atoms with Gasteiger partial charge in [0.2, 0.25) is 5.88 Å². The number of nitrogens with one attached hydrogen (secondary N) is 1. The summed E-state index contributed by atoms with van der Waals surface area (Å²) >= 11 is 1.20. The van der Waals surface area contributed by atoms with Gasteiger partial charge < -0.3 is 9.64 Å². The van der Waals surface area contributed by atoms with Crippen LogP contribution in [0, 0.1) is 18.8 Å². The molecular formula is C25H30F3N7O2S. The lowest BCUT2D eigenvalue weighted by molar-refractivity contribution is -0.153. The first kappa shape index (κ1) is 26.4. The summed E-state index contributed by atoms with van der Waals surface area (Å²) in [5.74, 6) is -0.285. The minimum absolute atomic E-state index is 0.0681. The van der Waals surface area contributed by atoms with Gasteiger partial charge in [0.05, 0.1) is 22.1 Å². The van der Waals surface area contributed by atoms with Crippen LogP contribution in [0.4, 0.5) is 19.0 Å². The quantitative estimate of drug-likeness (QED) is 0.427. The van der Waals surface area contributed by atoms with Crippen molar-refractivity contribution < 1.29 is 22.7 Å². The van der Waals surface area contributed by atoms with E-state index in [0.717, 1.165) is 23.6 Å². The average molecular weight is 550 g/mol. The van der Waals surface area contributed by atoms with Gasteiger partial charge in [0, 0.05) is 37.6 Å². The van der Waals surface area contributed by atoms with Gasteiger partial charge in [-0.15, -0.1) is 5.10 Å². The molecule has 1 aliphatic heterocycles. The van der Waals surface area contributed by atoms with Gasteiger partial charge in [-0.3, -0.25) is 14.2 Å². The number of hydrogen-bond donors (Lipinski definition) is 1. The number of ether oxygens (including phenoxy) is 1. The first-order valence-electron chi connectivity index (χ1n) is 12.4. The van der Waals surface area contributed by atoms with Gasteiger partial charge in [0.15, 0.2) is 5.82 Å². The number of rotatable bonds is 7. The average Bonchev–Trinajstić information content (AvgIpc) is 3.18. The Hall–Kier alpha value is -3.22. The van der Waals surface area contributed by atoms with Crippen LogP contribution in [0.2, 0.25) is 0 Å². The van der Waals surface area contributed by atoms with E-state index in [4.69, 9.17) is 9.72 Å². The third-order valence-corrected chi connectivity index (χ3v) is 7.79. The number of carbonyl (C=O) groups excluding carboxylic acids is 1. The lowest BCUT2D eigenvalue weighted by Crippen LogP contribution is -2.40. The topological polar surface area (TPSA) is 90.1 Å². The Morgan fingerprint density at radius 2 is 2.00 bits per heavy atom. The van der Waals surface area contributed by atoms with E-state index < -0.39 is 18.2 Å². The Bertz CT molecular complexity index is 1350. The van der Waals surface area contributed by atoms with Crippen LogP contribution in [-0.4, -0.2) is 54.8 Å². The fourth-order valence-electron chi connectivity index (χ4n) is 5.04. The number of amides is 1. The van der Waals surface area contributed by atoms with Crippen LogP contribution in [-0.2, 0) is 7.05 Å². The number of hydrogen-bond acceptors (Lipinski definition) is 7. The molecular weight excluding hydrogens is 519 g/mol. The second kappa shape index (κ2) is 9.51. The van der Waals surface area contributed by atoms with Crippen molar-refractivity contribution in [3.63, 3.8) is 0 Å². The summed E-state index contributed by atoms with van der Waals surface area (Å²) < 4.78 is 50.1. The van der Waals surface area contributed by atoms with Crippen LogP contribution in [0.1, 0.15) is 49.7 Å². The molecule has 38 heavy (non-hydrogen) atoms. The lowest BCUT2D eigenvalue weighted by Gasteiger charge is -2.34. The van der Waals surface area contributed by atoms with Gasteiger partial charge in [-0.25, -0.2) is 9.67 Å². The molecule has 1 saturated heterocycles. The van der Waals surface area contributed by atoms with Gasteiger partial charge in [0.25, 0.3) is 5.91 Å². The van der Waals surface area contributed by atoms with Gasteiger partial charge >= 0.3 is 6.18 Å². The highest BCUT2D eigenvalue weighted by Crippen LogP contribution is 2.46. The number of pyridine rings is 1. The summed E-state index contributed by atoms with van der Waals surface area (Å²) in [5.41, 5.74) is 0.995. The summed E-state index contributed by atoms with van der Waals surface area (Å²) in [6.07, 6.45) is -0.893. The van der Waals surface area contributed by atoms with E-state index in [1.165, 1.54) is 22.7 Å². The summed E-state index contributed by atoms with van der Waals surface area (Å²) in [5, 5.41) is 8.59. The van der Waals surface area contributed by atoms with Crippen LogP contribution >= 0.6 is 11.9 Å². The van der Waals surface area contributed by atoms with Gasteiger partial charge in [-0.1, -0.05) is 6.92 Å². The highest BCUT2D eigenvalue weighted by molar-refractivity contribution is 7.98. The van der Waals surface area contributed by atoms with E-state index in [2.05, 4.69) is 40.6 Å². The van der Waals surface area contributed by atoms with Gasteiger partial charge in [-0.05, 0) is 63.6 Å². The molecule has 0 bridgehead atoms. The minimum atomic E-state index is -4.27. The first-order valence-corrected chi connectivity index (χ1v) is 13.2. The highest BCUT2D eigenvalue weighted by Gasteiger charge is 2.58. The number of nitrogens with zero attached hydrogens (tertiary/aromatic N) is 6. The van der Waals surface area contributed by atoms with Crippen LogP contribution in [0.3, 0.4) is 0 Å². The zero-order chi connectivity index (χ0) is 27.4. The molecule has 3 aromatic rings. The van der Waals surface area contributed by atoms with E-state index >= 15 is 0 Å². The van der Waals surface area contributed by atoms with Crippen molar-refractivity contribution >= 4 is 23.7 Å². The molecule has 2 aliphatic rings. The molecule has 4 heterocycles. The molecule has 3 atom stereocenters. The van der Waals surface area contributed by atoms with Crippen molar-refractivity contribution in [3.05, 3.63) is 41.9 Å². The van der Waals surface area contributed by atoms with Crippen LogP contribution in [0.15, 0.2) is 35.5 Å². The Kier molecular flexibility index (Phi) is 6.60. The molecule has 0 aromatic carbocycles. The molecule has 2 unspecified atom stereocenters. The second-order valence-corrected chi connectivity index (χ2v) is 11.5. The minimum Gasteiger partial charge on any atom is -0.473 e. The van der Waals surface area contributed by atoms with Crippen molar-refractivity contribution in [2.45, 2.75) is 63.3 Å². The number of aromatic nitrogens is 5. The standard InChI is InChI=1S/C25H30F3N7O2S/c1-14-11-24(3,4)34(12-14)22-16(23(36)32-38-19-13-33(5)30-15(19)2)6-7-20(29-22)35-9-8-21(31-35)37-18-10-17(18)25(26,27)28/h6-9,13-14,17-18H,10-12H2,1-5H3,(H,32,36)/t14?,17-,18?/m0/s1. The molecule has 5 rings (SSSR count). The van der Waals surface area contributed by atoms with Gasteiger partial charge in [0.1, 0.15) is 11.9 Å². The second-order valence-electron chi connectivity index (χ2n) is 10.7. The van der Waals surface area contributed by atoms with E-state index in [1.807, 2.05) is 20.2 Å². The number of carbonyl (C=O) groups is 1. The summed E-state index contributed by atoms with van der Waals surface area (Å²) in [6, 6.07) is 4.88. The van der Waals surface area contributed by atoms with Crippen LogP contribution in [0.5, 0.6) is 5.88 Å². The number of anilines is 1. The van der Waals surface area contributed by atoms with Crippen LogP contribution in [0.25, 0.3) is 5.82 Å². The molecule has 0 radical (unpaired) electrons. The van der Waals surface area contributed by atoms with E-state index in [9.17, 15) is 18.0 Å². The van der Waals surface area contributed by atoms with Crippen molar-refractivity contribution in [1.82, 2.24) is 29.3 Å². The third-order valence-electron chi connectivity index (χ3n) is 6.88. The summed E-state index contributed by atoms with van der Waals surface area (Å²) in [4.78, 5) is 21.1. The molecule has 9 nitrogen and oxygen atoms in total. The third kappa shape index (κ3) is 5.33. The normalized spacial score (nSPS) is 22.5. The van der Waals surface area contributed by atoms with Crippen LogP contribution < -0.4 is 14.4 Å². The Morgan fingerprint density at radius 1 is 1.24 bits per heavy atom. The fourth-order valence-corrected chi connectivity index (χ4v) is 5.75. The molecule has 0 spiro atoms. The van der Waals surface area contributed by atoms with Crippen molar-refractivity contribution in [2.75, 3.05) is 11.4 Å². The maximum Gasteiger partial charge on any atom is 0.395 e. The molecule has 1 N–H and O–H groups in total. The smallest absolute Gasteiger partial charge is 0.395 e. The van der Waals surface area contributed by atoms with Crippen molar-refractivity contribution in [2.24, 2.45) is 18.9 Å². The first-order chi connectivity index (χ1) is 17.8. The highest BCUT2D eigenvalue weighted by atomic mass is 32.2. The summed E-state index contributed by atoms with van der Waals surface area (Å²) in [6.45, 7) is 9.00. The SMILES string of the molecule is Cc1nn(C)cc1SNC(=O)c1ccc(-n2ccc(OC3C[C@@H]3C(F)(F)F)n2)nc1N1CC(C)CC1(C)C. The van der Waals surface area contributed by atoms with E-state index in [1.54, 1.807) is 23.0 Å². The molecule has 204 valence electrons. The maximum absolute atomic E-state index is 13.3. The predicted octanol–water partition coefficient (Wildman–Crippen LogP) is 4.70. The number of halogens is 3. The number of aryl methyl sites for hydroxylation is 2. The zero-order valence-corrected chi connectivity index (χ0v) is 22.6. The lowest BCUT2D eigenvalue weighted by atomic mass is 9.97. The van der Waals surface area contributed by atoms with E-state index in [-0.39, 0.29) is 23.7 Å². The molecule has 1 aliphatic carbocycles. The Balaban J connectivity index is 1.41. The Morgan fingerprint density at radius 3 is 2.61 bits per heavy atom. The monoisotopic (exact) mass is 549 g/mol. The van der Waals surface area contributed by atoms with Crippen molar-refractivity contribution in [1.29, 1.82) is 0 Å². The predicted molar refractivity (Wildman–Crippen MR) is 136 cm³/mol. The molecule has 13 heteroatoms. The van der Waals surface area contributed by atoms with Crippen molar-refractivity contribution in [3.8, 4) is 11.7 Å². The fraction of sp³-hybridized carbons (Fsp3) is 0.520. The molecule has 2 fully saturated rings. The summed E-state index contributed by atoms with van der Waals surface area (Å²) in [7, 11) is 1.82. The van der Waals surface area contributed by atoms with E-state index in [0.29, 0.717) is 23.1 Å². The largest absolute Gasteiger partial charge is 0.473 e. The van der Waals surface area contributed by atoms with Gasteiger partial charge in [-0.2, -0.15) is 18.3 Å². The molecule has 1 amide bonds. The Labute approximate surface area is 222 Å². The number of alkyl halides is 3.